The van der Waals surface area contributed by atoms with Crippen LogP contribution in [-0.4, -0.2) is 24.8 Å². The number of carbonyl (C=O) groups is 1. The van der Waals surface area contributed by atoms with Gasteiger partial charge in [-0.3, -0.25) is 0 Å². The Morgan fingerprint density at radius 1 is 1.28 bits per heavy atom. The molecule has 0 fully saturated rings. The van der Waals surface area contributed by atoms with Gasteiger partial charge in [0.05, 0.1) is 0 Å². The lowest BCUT2D eigenvalue weighted by Gasteiger charge is -2.19. The van der Waals surface area contributed by atoms with Crippen LogP contribution in [0.15, 0.2) is 24.3 Å². The number of alkyl carbamates (subject to hydrolysis) is 1. The minimum atomic E-state index is -0.452. The Morgan fingerprint density at radius 3 is 2.56 bits per heavy atom. The molecule has 0 unspecified atom stereocenters. The van der Waals surface area contributed by atoms with E-state index in [2.05, 4.69) is 33.2 Å². The van der Waals surface area contributed by atoms with Gasteiger partial charge in [0.25, 0.3) is 0 Å². The lowest BCUT2D eigenvalue weighted by Crippen LogP contribution is -2.35. The molecule has 1 amide bonds. The molecule has 5 heteroatoms. The van der Waals surface area contributed by atoms with E-state index in [1.54, 1.807) is 0 Å². The first-order valence-corrected chi connectivity index (χ1v) is 6.91. The fourth-order valence-electron chi connectivity index (χ4n) is 1.28. The number of hydrogen-bond donors (Lipinski definition) is 2. The average Bonchev–Trinajstić information content (AvgIpc) is 2.24. The van der Waals surface area contributed by atoms with Crippen LogP contribution >= 0.6 is 22.6 Å². The van der Waals surface area contributed by atoms with Crippen LogP contribution in [0.2, 0.25) is 0 Å². The van der Waals surface area contributed by atoms with E-state index >= 15 is 0 Å². The van der Waals surface area contributed by atoms with Crippen LogP contribution in [0.3, 0.4) is 0 Å². The first-order chi connectivity index (χ1) is 8.38. The summed E-state index contributed by atoms with van der Waals surface area (Å²) >= 11 is 2.27. The predicted octanol–water partition coefficient (Wildman–Crippen LogP) is 3.23. The second-order valence-corrected chi connectivity index (χ2v) is 6.00. The second-order valence-electron chi connectivity index (χ2n) is 4.84. The van der Waals surface area contributed by atoms with Crippen LogP contribution in [0.1, 0.15) is 20.8 Å². The van der Waals surface area contributed by atoms with E-state index in [1.807, 2.05) is 45.0 Å². The van der Waals surface area contributed by atoms with E-state index < -0.39 is 5.60 Å². The van der Waals surface area contributed by atoms with E-state index in [1.165, 1.54) is 0 Å². The van der Waals surface area contributed by atoms with Gasteiger partial charge in [-0.25, -0.2) is 4.79 Å². The number of anilines is 1. The third-order valence-corrected chi connectivity index (χ3v) is 2.92. The monoisotopic (exact) mass is 362 g/mol. The highest BCUT2D eigenvalue weighted by atomic mass is 127. The number of nitrogens with one attached hydrogen (secondary N) is 2. The Bertz CT molecular complexity index is 402. The Hall–Kier alpha value is -0.980. The quantitative estimate of drug-likeness (QED) is 0.639. The molecule has 1 aromatic rings. The summed E-state index contributed by atoms with van der Waals surface area (Å²) < 4.78 is 6.29. The summed E-state index contributed by atoms with van der Waals surface area (Å²) in [6, 6.07) is 8.01. The molecule has 18 heavy (non-hydrogen) atoms. The van der Waals surface area contributed by atoms with Crippen molar-refractivity contribution in [3.63, 3.8) is 0 Å². The van der Waals surface area contributed by atoms with Gasteiger partial charge in [-0.05, 0) is 55.5 Å². The number of halogens is 1. The number of benzene rings is 1. The Balaban J connectivity index is 2.23. The molecule has 0 radical (unpaired) electrons. The van der Waals surface area contributed by atoms with Crippen LogP contribution < -0.4 is 10.6 Å². The van der Waals surface area contributed by atoms with E-state index in [4.69, 9.17) is 4.74 Å². The molecule has 0 atom stereocenters. The van der Waals surface area contributed by atoms with Gasteiger partial charge in [0, 0.05) is 22.3 Å². The van der Waals surface area contributed by atoms with Gasteiger partial charge >= 0.3 is 6.09 Å². The van der Waals surface area contributed by atoms with E-state index in [0.29, 0.717) is 13.1 Å². The van der Waals surface area contributed by atoms with Crippen molar-refractivity contribution >= 4 is 34.4 Å². The van der Waals surface area contributed by atoms with Crippen LogP contribution in [0.5, 0.6) is 0 Å². The van der Waals surface area contributed by atoms with E-state index in [0.717, 1.165) is 9.26 Å². The molecule has 0 aliphatic heterocycles. The molecule has 4 nitrogen and oxygen atoms in total. The molecule has 2 N–H and O–H groups in total. The number of hydrogen-bond acceptors (Lipinski definition) is 3. The minimum Gasteiger partial charge on any atom is -0.444 e. The molecule has 1 aromatic carbocycles. The number of para-hydroxylation sites is 1. The van der Waals surface area contributed by atoms with Crippen molar-refractivity contribution in [1.82, 2.24) is 5.32 Å². The summed E-state index contributed by atoms with van der Waals surface area (Å²) in [5.74, 6) is 0. The first kappa shape index (κ1) is 15.1. The highest BCUT2D eigenvalue weighted by Crippen LogP contribution is 2.16. The fourth-order valence-corrected chi connectivity index (χ4v) is 1.86. The van der Waals surface area contributed by atoms with Crippen LogP contribution in [0.25, 0.3) is 0 Å². The number of ether oxygens (including phenoxy) is 1. The molecule has 0 heterocycles. The van der Waals surface area contributed by atoms with Crippen molar-refractivity contribution in [3.8, 4) is 0 Å². The van der Waals surface area contributed by atoms with Gasteiger partial charge in [0.1, 0.15) is 5.60 Å². The van der Waals surface area contributed by atoms with Crippen LogP contribution in [-0.2, 0) is 4.74 Å². The fraction of sp³-hybridized carbons (Fsp3) is 0.462. The lowest BCUT2D eigenvalue weighted by atomic mass is 10.2. The summed E-state index contributed by atoms with van der Waals surface area (Å²) in [5.41, 5.74) is 0.621. The van der Waals surface area contributed by atoms with E-state index in [-0.39, 0.29) is 6.09 Å². The number of rotatable bonds is 4. The smallest absolute Gasteiger partial charge is 0.407 e. The molecule has 1 rings (SSSR count). The van der Waals surface area contributed by atoms with Gasteiger partial charge in [0.2, 0.25) is 0 Å². The van der Waals surface area contributed by atoms with Crippen molar-refractivity contribution in [2.75, 3.05) is 18.4 Å². The van der Waals surface area contributed by atoms with Gasteiger partial charge in [-0.2, -0.15) is 0 Å². The third kappa shape index (κ3) is 6.09. The Kier molecular flexibility index (Phi) is 5.71. The zero-order valence-corrected chi connectivity index (χ0v) is 13.1. The molecule has 0 aliphatic rings. The number of carbonyl (C=O) groups excluding carboxylic acids is 1. The maximum atomic E-state index is 11.4. The zero-order valence-electron chi connectivity index (χ0n) is 10.9. The molecule has 100 valence electrons. The first-order valence-electron chi connectivity index (χ1n) is 5.84. The molecule has 0 saturated heterocycles. The van der Waals surface area contributed by atoms with Crippen molar-refractivity contribution < 1.29 is 9.53 Å². The molecule has 0 aliphatic carbocycles. The highest BCUT2D eigenvalue weighted by molar-refractivity contribution is 14.1. The maximum Gasteiger partial charge on any atom is 0.407 e. The minimum absolute atomic E-state index is 0.382. The molecule has 0 spiro atoms. The van der Waals surface area contributed by atoms with Crippen molar-refractivity contribution in [1.29, 1.82) is 0 Å². The third-order valence-electron chi connectivity index (χ3n) is 1.98. The van der Waals surface area contributed by atoms with Crippen molar-refractivity contribution in [2.24, 2.45) is 0 Å². The predicted molar refractivity (Wildman–Crippen MR) is 81.9 cm³/mol. The van der Waals surface area contributed by atoms with Gasteiger partial charge < -0.3 is 15.4 Å². The summed E-state index contributed by atoms with van der Waals surface area (Å²) in [6.07, 6.45) is -0.382. The van der Waals surface area contributed by atoms with Gasteiger partial charge in [-0.15, -0.1) is 0 Å². The van der Waals surface area contributed by atoms with Crippen LogP contribution in [0, 0.1) is 3.57 Å². The Morgan fingerprint density at radius 2 is 1.94 bits per heavy atom. The maximum absolute atomic E-state index is 11.4. The summed E-state index contributed by atoms with van der Waals surface area (Å²) in [6.45, 7) is 6.73. The summed E-state index contributed by atoms with van der Waals surface area (Å²) in [7, 11) is 0. The number of amides is 1. The summed E-state index contributed by atoms with van der Waals surface area (Å²) in [5, 5.41) is 5.96. The summed E-state index contributed by atoms with van der Waals surface area (Å²) in [4.78, 5) is 11.4. The Labute approximate surface area is 122 Å². The van der Waals surface area contributed by atoms with Crippen molar-refractivity contribution in [3.05, 3.63) is 27.8 Å². The van der Waals surface area contributed by atoms with Crippen LogP contribution in [0.4, 0.5) is 10.5 Å². The van der Waals surface area contributed by atoms with Crippen molar-refractivity contribution in [2.45, 2.75) is 26.4 Å². The largest absolute Gasteiger partial charge is 0.444 e. The molecule has 0 saturated carbocycles. The lowest BCUT2D eigenvalue weighted by molar-refractivity contribution is 0.0530. The molecule has 0 bridgehead atoms. The van der Waals surface area contributed by atoms with Gasteiger partial charge in [-0.1, -0.05) is 12.1 Å². The standard InChI is InChI=1S/C13H19IN2O2/c1-13(2,3)18-12(17)16-9-8-15-11-7-5-4-6-10(11)14/h4-7,15H,8-9H2,1-3H3,(H,16,17). The highest BCUT2D eigenvalue weighted by Gasteiger charge is 2.15. The molecular formula is C13H19IN2O2. The van der Waals surface area contributed by atoms with Gasteiger partial charge in [0.15, 0.2) is 0 Å². The topological polar surface area (TPSA) is 50.4 Å². The SMILES string of the molecule is CC(C)(C)OC(=O)NCCNc1ccccc1I. The zero-order chi connectivity index (χ0) is 13.6. The van der Waals surface area contributed by atoms with E-state index in [9.17, 15) is 4.79 Å². The molecular weight excluding hydrogens is 343 g/mol. The second kappa shape index (κ2) is 6.82. The molecule has 0 aromatic heterocycles. The average molecular weight is 362 g/mol. The normalized spacial score (nSPS) is 10.9.